The summed E-state index contributed by atoms with van der Waals surface area (Å²) in [5, 5.41) is 0. The first-order valence-electron chi connectivity index (χ1n) is 4.20. The lowest BCUT2D eigenvalue weighted by Crippen LogP contribution is -1.88. The normalized spacial score (nSPS) is 8.08. The molecule has 13 heavy (non-hydrogen) atoms. The average Bonchev–Trinajstić information content (AvgIpc) is 2.18. The largest absolute Gasteiger partial charge is 0.303 e. The lowest BCUT2D eigenvalue weighted by atomic mass is 10.3. The van der Waals surface area contributed by atoms with Crippen molar-refractivity contribution in [2.75, 3.05) is 0 Å². The van der Waals surface area contributed by atoms with E-state index in [0.29, 0.717) is 12.8 Å². The standard InChI is InChI=1S/C6H6.C5H8O2/c1-2-4-6-5-3-1;1-5(7)3-2-4-6/h1-6H;4H,2-3H2,1H3. The Balaban J connectivity index is 0.000000223. The molecule has 2 heteroatoms. The third-order valence-corrected chi connectivity index (χ3v) is 1.28. The van der Waals surface area contributed by atoms with Crippen LogP contribution < -0.4 is 0 Å². The SMILES string of the molecule is CC(=O)CCC=O.c1ccccc1. The van der Waals surface area contributed by atoms with Crippen molar-refractivity contribution in [1.29, 1.82) is 0 Å². The molecule has 0 atom stereocenters. The Labute approximate surface area is 78.6 Å². The number of carbonyl (C=O) groups excluding carboxylic acids is 2. The maximum absolute atomic E-state index is 10.0. The van der Waals surface area contributed by atoms with E-state index in [2.05, 4.69) is 0 Å². The topological polar surface area (TPSA) is 34.1 Å². The lowest BCUT2D eigenvalue weighted by molar-refractivity contribution is -0.118. The number of carbonyl (C=O) groups is 2. The zero-order chi connectivity index (χ0) is 9.94. The highest BCUT2D eigenvalue weighted by Crippen LogP contribution is 1.83. The van der Waals surface area contributed by atoms with E-state index in [4.69, 9.17) is 0 Å². The molecule has 70 valence electrons. The molecule has 0 saturated heterocycles. The maximum atomic E-state index is 10.0. The Morgan fingerprint density at radius 1 is 1.08 bits per heavy atom. The summed E-state index contributed by atoms with van der Waals surface area (Å²) in [5.74, 6) is 0.0760. The van der Waals surface area contributed by atoms with Crippen molar-refractivity contribution in [3.63, 3.8) is 0 Å². The molecular formula is C11H14O2. The smallest absolute Gasteiger partial charge is 0.130 e. The number of rotatable bonds is 3. The fourth-order valence-electron chi connectivity index (χ4n) is 0.647. The number of hydrogen-bond acceptors (Lipinski definition) is 2. The highest BCUT2D eigenvalue weighted by molar-refractivity contribution is 5.77. The van der Waals surface area contributed by atoms with Gasteiger partial charge in [-0.05, 0) is 6.92 Å². The Kier molecular flexibility index (Phi) is 7.70. The maximum Gasteiger partial charge on any atom is 0.130 e. The fourth-order valence-corrected chi connectivity index (χ4v) is 0.647. The number of benzene rings is 1. The Morgan fingerprint density at radius 3 is 1.62 bits per heavy atom. The van der Waals surface area contributed by atoms with Gasteiger partial charge in [0.2, 0.25) is 0 Å². The van der Waals surface area contributed by atoms with Crippen molar-refractivity contribution < 1.29 is 9.59 Å². The molecule has 0 radical (unpaired) electrons. The minimum atomic E-state index is 0.0760. The van der Waals surface area contributed by atoms with Crippen LogP contribution in [0.1, 0.15) is 19.8 Å². The summed E-state index contributed by atoms with van der Waals surface area (Å²) in [4.78, 5) is 19.6. The molecule has 1 rings (SSSR count). The second-order valence-electron chi connectivity index (χ2n) is 2.56. The van der Waals surface area contributed by atoms with Gasteiger partial charge in [0, 0.05) is 12.8 Å². The van der Waals surface area contributed by atoms with Gasteiger partial charge in [-0.15, -0.1) is 0 Å². The number of Topliss-reactive ketones (excluding diaryl/α,β-unsaturated/α-hetero) is 1. The van der Waals surface area contributed by atoms with Gasteiger partial charge in [0.15, 0.2) is 0 Å². The van der Waals surface area contributed by atoms with Crippen molar-refractivity contribution >= 4 is 12.1 Å². The van der Waals surface area contributed by atoms with Gasteiger partial charge in [-0.1, -0.05) is 36.4 Å². The minimum Gasteiger partial charge on any atom is -0.303 e. The molecule has 0 bridgehead atoms. The summed E-state index contributed by atoms with van der Waals surface area (Å²) >= 11 is 0. The molecule has 0 N–H and O–H groups in total. The lowest BCUT2D eigenvalue weighted by Gasteiger charge is -1.80. The Hall–Kier alpha value is -1.44. The van der Waals surface area contributed by atoms with Crippen LogP contribution in [0.5, 0.6) is 0 Å². The monoisotopic (exact) mass is 178 g/mol. The van der Waals surface area contributed by atoms with Crippen LogP contribution in [0.2, 0.25) is 0 Å². The molecule has 0 spiro atoms. The predicted molar refractivity (Wildman–Crippen MR) is 52.4 cm³/mol. The van der Waals surface area contributed by atoms with E-state index in [9.17, 15) is 9.59 Å². The summed E-state index contributed by atoms with van der Waals surface area (Å²) in [6.07, 6.45) is 1.51. The van der Waals surface area contributed by atoms with E-state index in [1.54, 1.807) is 0 Å². The molecule has 0 aliphatic carbocycles. The van der Waals surface area contributed by atoms with Crippen molar-refractivity contribution in [3.8, 4) is 0 Å². The molecule has 0 aromatic heterocycles. The van der Waals surface area contributed by atoms with Gasteiger partial charge in [-0.25, -0.2) is 0 Å². The highest BCUT2D eigenvalue weighted by Gasteiger charge is 1.87. The van der Waals surface area contributed by atoms with Crippen LogP contribution in [-0.2, 0) is 9.59 Å². The molecule has 2 nitrogen and oxygen atoms in total. The van der Waals surface area contributed by atoms with Gasteiger partial charge >= 0.3 is 0 Å². The molecule has 0 saturated carbocycles. The van der Waals surface area contributed by atoms with Crippen molar-refractivity contribution in [2.45, 2.75) is 19.8 Å². The van der Waals surface area contributed by atoms with E-state index in [-0.39, 0.29) is 5.78 Å². The number of aldehydes is 1. The number of hydrogen-bond donors (Lipinski definition) is 0. The Bertz CT molecular complexity index is 202. The van der Waals surface area contributed by atoms with Crippen molar-refractivity contribution in [3.05, 3.63) is 36.4 Å². The molecule has 0 amide bonds. The highest BCUT2D eigenvalue weighted by atomic mass is 16.1. The number of ketones is 1. The quantitative estimate of drug-likeness (QED) is 0.665. The zero-order valence-corrected chi connectivity index (χ0v) is 7.77. The Morgan fingerprint density at radius 2 is 1.46 bits per heavy atom. The first-order valence-corrected chi connectivity index (χ1v) is 4.20. The first-order chi connectivity index (χ1) is 6.27. The van der Waals surface area contributed by atoms with Gasteiger partial charge < -0.3 is 9.59 Å². The molecule has 1 aromatic rings. The third kappa shape index (κ3) is 10.6. The molecule has 1 aromatic carbocycles. The van der Waals surface area contributed by atoms with Crippen LogP contribution in [0, 0.1) is 0 Å². The predicted octanol–water partition coefficient (Wildman–Crippen LogP) is 2.24. The van der Waals surface area contributed by atoms with Crippen molar-refractivity contribution in [2.24, 2.45) is 0 Å². The van der Waals surface area contributed by atoms with Crippen LogP contribution >= 0.6 is 0 Å². The van der Waals surface area contributed by atoms with Gasteiger partial charge in [-0.2, -0.15) is 0 Å². The molecule has 0 heterocycles. The summed E-state index contributed by atoms with van der Waals surface area (Å²) in [5.41, 5.74) is 0. The fraction of sp³-hybridized carbons (Fsp3) is 0.273. The second-order valence-corrected chi connectivity index (χ2v) is 2.56. The summed E-state index contributed by atoms with van der Waals surface area (Å²) in [6.45, 7) is 1.48. The average molecular weight is 178 g/mol. The molecule has 0 fully saturated rings. The van der Waals surface area contributed by atoms with Crippen LogP contribution in [-0.4, -0.2) is 12.1 Å². The summed E-state index contributed by atoms with van der Waals surface area (Å²) < 4.78 is 0. The van der Waals surface area contributed by atoms with Gasteiger partial charge in [0.25, 0.3) is 0 Å². The van der Waals surface area contributed by atoms with Crippen LogP contribution in [0.3, 0.4) is 0 Å². The van der Waals surface area contributed by atoms with E-state index < -0.39 is 0 Å². The van der Waals surface area contributed by atoms with Crippen molar-refractivity contribution in [1.82, 2.24) is 0 Å². The van der Waals surface area contributed by atoms with E-state index in [1.165, 1.54) is 6.92 Å². The zero-order valence-electron chi connectivity index (χ0n) is 7.77. The summed E-state index contributed by atoms with van der Waals surface area (Å²) in [6, 6.07) is 12.0. The molecule has 0 unspecified atom stereocenters. The third-order valence-electron chi connectivity index (χ3n) is 1.28. The molecule has 0 aliphatic heterocycles. The second kappa shape index (κ2) is 8.65. The molecular weight excluding hydrogens is 164 g/mol. The van der Waals surface area contributed by atoms with Crippen LogP contribution in [0.25, 0.3) is 0 Å². The first kappa shape index (κ1) is 11.6. The van der Waals surface area contributed by atoms with E-state index in [0.717, 1.165) is 6.29 Å². The minimum absolute atomic E-state index is 0.0760. The van der Waals surface area contributed by atoms with Crippen LogP contribution in [0.4, 0.5) is 0 Å². The van der Waals surface area contributed by atoms with E-state index in [1.807, 2.05) is 36.4 Å². The molecule has 0 aliphatic rings. The van der Waals surface area contributed by atoms with Gasteiger partial charge in [0.1, 0.15) is 12.1 Å². The van der Waals surface area contributed by atoms with E-state index >= 15 is 0 Å². The summed E-state index contributed by atoms with van der Waals surface area (Å²) in [7, 11) is 0. The van der Waals surface area contributed by atoms with Gasteiger partial charge in [-0.3, -0.25) is 0 Å². The van der Waals surface area contributed by atoms with Gasteiger partial charge in [0.05, 0.1) is 0 Å². The van der Waals surface area contributed by atoms with Crippen LogP contribution in [0.15, 0.2) is 36.4 Å².